The van der Waals surface area contributed by atoms with Gasteiger partial charge in [-0.25, -0.2) is 0 Å². The molecule has 9 nitrogen and oxygen atoms in total. The van der Waals surface area contributed by atoms with Crippen molar-refractivity contribution in [2.24, 2.45) is 0 Å². The largest absolute Gasteiger partial charge is 0.490 e. The van der Waals surface area contributed by atoms with Gasteiger partial charge in [0.15, 0.2) is 0 Å². The van der Waals surface area contributed by atoms with Crippen molar-refractivity contribution in [3.05, 3.63) is 21.4 Å². The first kappa shape index (κ1) is 10.4. The highest BCUT2D eigenvalue weighted by molar-refractivity contribution is 7.15. The number of hydrogen-bond acceptors (Lipinski definition) is 8. The van der Waals surface area contributed by atoms with E-state index < -0.39 is 10.9 Å². The van der Waals surface area contributed by atoms with Crippen LogP contribution in [0.2, 0.25) is 0 Å². The van der Waals surface area contributed by atoms with Crippen LogP contribution in [-0.4, -0.2) is 36.9 Å². The van der Waals surface area contributed by atoms with E-state index in [0.717, 1.165) is 0 Å². The Kier molecular flexibility index (Phi) is 2.72. The maximum atomic E-state index is 10.3. The van der Waals surface area contributed by atoms with E-state index in [0.29, 0.717) is 16.7 Å². The van der Waals surface area contributed by atoms with E-state index in [9.17, 15) is 10.1 Å². The molecule has 2 aromatic rings. The Bertz CT molecular complexity index is 506. The molecule has 0 radical (unpaired) electrons. The summed E-state index contributed by atoms with van der Waals surface area (Å²) in [5.41, 5.74) is 0. The molecule has 0 aliphatic carbocycles. The molecule has 2 aromatic heterocycles. The van der Waals surface area contributed by atoms with E-state index in [1.54, 1.807) is 7.05 Å². The van der Waals surface area contributed by atoms with Crippen molar-refractivity contribution in [1.29, 1.82) is 0 Å². The van der Waals surface area contributed by atoms with Gasteiger partial charge in [0, 0.05) is 12.1 Å². The van der Waals surface area contributed by atoms with Gasteiger partial charge in [0.1, 0.15) is 11.6 Å². The van der Waals surface area contributed by atoms with Gasteiger partial charge in [-0.3, -0.25) is 0 Å². The summed E-state index contributed by atoms with van der Waals surface area (Å²) < 4.78 is 1.35. The van der Waals surface area contributed by atoms with Crippen molar-refractivity contribution < 1.29 is 4.92 Å². The first-order valence-corrected chi connectivity index (χ1v) is 5.04. The van der Waals surface area contributed by atoms with Gasteiger partial charge >= 0.3 is 5.95 Å². The van der Waals surface area contributed by atoms with Crippen LogP contribution in [0.1, 0.15) is 5.01 Å². The SMILES string of the molecule is CNc1nnc(Cn2cnc([N+](=O)[O-])n2)s1. The molecule has 84 valence electrons. The second kappa shape index (κ2) is 4.18. The predicted octanol–water partition coefficient (Wildman–Crippen LogP) is 0.128. The summed E-state index contributed by atoms with van der Waals surface area (Å²) in [6.45, 7) is 0.320. The van der Waals surface area contributed by atoms with Crippen LogP contribution in [0.25, 0.3) is 0 Å². The van der Waals surface area contributed by atoms with Crippen molar-refractivity contribution in [2.45, 2.75) is 6.54 Å². The van der Waals surface area contributed by atoms with Crippen LogP contribution in [-0.2, 0) is 6.54 Å². The third kappa shape index (κ3) is 2.11. The van der Waals surface area contributed by atoms with Crippen LogP contribution in [0.5, 0.6) is 0 Å². The lowest BCUT2D eigenvalue weighted by molar-refractivity contribution is -0.394. The summed E-state index contributed by atoms with van der Waals surface area (Å²) in [7, 11) is 1.74. The number of nitrogens with one attached hydrogen (secondary N) is 1. The number of aromatic nitrogens is 5. The maximum Gasteiger partial charge on any atom is 0.490 e. The van der Waals surface area contributed by atoms with Gasteiger partial charge in [-0.1, -0.05) is 16.3 Å². The summed E-state index contributed by atoms with van der Waals surface area (Å²) in [6, 6.07) is 0. The summed E-state index contributed by atoms with van der Waals surface area (Å²) in [6.07, 6.45) is 1.29. The molecular formula is C6H7N7O2S. The molecule has 16 heavy (non-hydrogen) atoms. The molecule has 0 aromatic carbocycles. The quantitative estimate of drug-likeness (QED) is 0.597. The molecule has 0 amide bonds. The Balaban J connectivity index is 2.11. The molecule has 0 saturated carbocycles. The summed E-state index contributed by atoms with van der Waals surface area (Å²) in [5.74, 6) is -0.418. The fraction of sp³-hybridized carbons (Fsp3) is 0.333. The summed E-state index contributed by atoms with van der Waals surface area (Å²) in [5, 5.41) is 26.0. The molecule has 2 rings (SSSR count). The van der Waals surface area contributed by atoms with Gasteiger partial charge in [-0.2, -0.15) is 4.68 Å². The van der Waals surface area contributed by atoms with Gasteiger partial charge in [0.2, 0.25) is 11.5 Å². The van der Waals surface area contributed by atoms with Gasteiger partial charge in [-0.05, 0) is 4.92 Å². The number of nitrogens with zero attached hydrogens (tertiary/aromatic N) is 6. The standard InChI is InChI=1S/C6H7N7O2S/c1-7-6-10-9-4(16-6)2-12-3-8-5(11-12)13(14)15/h3H,2H2,1H3,(H,7,10). The fourth-order valence-corrected chi connectivity index (χ4v) is 1.69. The topological polar surface area (TPSA) is 112 Å². The number of rotatable bonds is 4. The van der Waals surface area contributed by atoms with Crippen molar-refractivity contribution in [3.63, 3.8) is 0 Å². The molecule has 0 bridgehead atoms. The smallest absolute Gasteiger partial charge is 0.390 e. The second-order valence-corrected chi connectivity index (χ2v) is 3.81. The molecule has 10 heteroatoms. The van der Waals surface area contributed by atoms with Crippen LogP contribution < -0.4 is 5.32 Å². The van der Waals surface area contributed by atoms with E-state index in [4.69, 9.17) is 0 Å². The molecular weight excluding hydrogens is 234 g/mol. The van der Waals surface area contributed by atoms with Crippen LogP contribution in [0, 0.1) is 10.1 Å². The number of nitro groups is 1. The second-order valence-electron chi connectivity index (χ2n) is 2.75. The lowest BCUT2D eigenvalue weighted by atomic mass is 10.7. The van der Waals surface area contributed by atoms with Crippen LogP contribution in [0.4, 0.5) is 11.1 Å². The van der Waals surface area contributed by atoms with Crippen molar-refractivity contribution in [3.8, 4) is 0 Å². The van der Waals surface area contributed by atoms with Gasteiger partial charge in [0.05, 0.1) is 0 Å². The Hall–Kier alpha value is -2.10. The van der Waals surface area contributed by atoms with Gasteiger partial charge in [-0.15, -0.1) is 10.2 Å². The van der Waals surface area contributed by atoms with E-state index in [2.05, 4.69) is 25.6 Å². The molecule has 0 aliphatic rings. The van der Waals surface area contributed by atoms with Crippen LogP contribution in [0.15, 0.2) is 6.33 Å². The molecule has 0 unspecified atom stereocenters. The zero-order chi connectivity index (χ0) is 11.5. The molecule has 2 heterocycles. The van der Waals surface area contributed by atoms with Crippen molar-refractivity contribution in [2.75, 3.05) is 12.4 Å². The average molecular weight is 241 g/mol. The average Bonchev–Trinajstić information content (AvgIpc) is 2.87. The summed E-state index contributed by atoms with van der Waals surface area (Å²) in [4.78, 5) is 13.2. The highest BCUT2D eigenvalue weighted by atomic mass is 32.1. The molecule has 0 aliphatic heterocycles. The zero-order valence-corrected chi connectivity index (χ0v) is 9.01. The van der Waals surface area contributed by atoms with E-state index in [1.165, 1.54) is 22.3 Å². The van der Waals surface area contributed by atoms with E-state index >= 15 is 0 Å². The van der Waals surface area contributed by atoms with Gasteiger partial charge in [0.25, 0.3) is 0 Å². The normalized spacial score (nSPS) is 10.3. The Morgan fingerprint density at radius 2 is 2.44 bits per heavy atom. The molecule has 0 saturated heterocycles. The van der Waals surface area contributed by atoms with Crippen LogP contribution >= 0.6 is 11.3 Å². The molecule has 1 N–H and O–H groups in total. The highest BCUT2D eigenvalue weighted by Gasteiger charge is 2.14. The minimum atomic E-state index is -0.643. The molecule has 0 fully saturated rings. The lowest BCUT2D eigenvalue weighted by Crippen LogP contribution is -2.00. The molecule has 0 atom stereocenters. The number of hydrogen-bond donors (Lipinski definition) is 1. The zero-order valence-electron chi connectivity index (χ0n) is 8.19. The molecule has 0 spiro atoms. The Morgan fingerprint density at radius 3 is 3.00 bits per heavy atom. The first-order valence-electron chi connectivity index (χ1n) is 4.23. The maximum absolute atomic E-state index is 10.3. The lowest BCUT2D eigenvalue weighted by Gasteiger charge is -1.89. The Labute approximate surface area is 93.3 Å². The Morgan fingerprint density at radius 1 is 1.62 bits per heavy atom. The van der Waals surface area contributed by atoms with Gasteiger partial charge < -0.3 is 15.4 Å². The van der Waals surface area contributed by atoms with Crippen molar-refractivity contribution >= 4 is 22.4 Å². The minimum Gasteiger partial charge on any atom is -0.390 e. The summed E-state index contributed by atoms with van der Waals surface area (Å²) >= 11 is 1.35. The highest BCUT2D eigenvalue weighted by Crippen LogP contribution is 2.15. The predicted molar refractivity (Wildman–Crippen MR) is 55.2 cm³/mol. The third-order valence-electron chi connectivity index (χ3n) is 1.67. The van der Waals surface area contributed by atoms with Crippen LogP contribution in [0.3, 0.4) is 0 Å². The number of anilines is 1. The van der Waals surface area contributed by atoms with Crippen molar-refractivity contribution in [1.82, 2.24) is 25.0 Å². The van der Waals surface area contributed by atoms with E-state index in [1.807, 2.05) is 0 Å². The third-order valence-corrected chi connectivity index (χ3v) is 2.59. The monoisotopic (exact) mass is 241 g/mol. The minimum absolute atomic E-state index is 0.320. The first-order chi connectivity index (χ1) is 7.69. The van der Waals surface area contributed by atoms with E-state index in [-0.39, 0.29) is 0 Å². The fourth-order valence-electron chi connectivity index (χ4n) is 1.00.